The number of methoxy groups -OCH3 is 1. The molecular formula is C28H35N3O2S. The van der Waals surface area contributed by atoms with Crippen LogP contribution in [0, 0.1) is 0 Å². The van der Waals surface area contributed by atoms with Crippen molar-refractivity contribution in [3.05, 3.63) is 83.9 Å². The highest BCUT2D eigenvalue weighted by Gasteiger charge is 2.13. The molecule has 0 saturated heterocycles. The van der Waals surface area contributed by atoms with Gasteiger partial charge in [-0.3, -0.25) is 0 Å². The molecule has 0 spiro atoms. The maximum atomic E-state index is 5.84. The van der Waals surface area contributed by atoms with Gasteiger partial charge in [-0.05, 0) is 92.6 Å². The van der Waals surface area contributed by atoms with Crippen LogP contribution in [0.2, 0.25) is 0 Å². The van der Waals surface area contributed by atoms with Crippen molar-refractivity contribution in [3.63, 3.8) is 0 Å². The minimum atomic E-state index is 0.647. The number of anilines is 2. The molecular weight excluding hydrogens is 442 g/mol. The second-order valence-electron chi connectivity index (χ2n) is 7.93. The highest BCUT2D eigenvalue weighted by atomic mass is 32.1. The van der Waals surface area contributed by atoms with Crippen molar-refractivity contribution in [2.75, 3.05) is 37.0 Å². The first kappa shape index (κ1) is 25.4. The van der Waals surface area contributed by atoms with Crippen molar-refractivity contribution in [3.8, 4) is 11.5 Å². The van der Waals surface area contributed by atoms with E-state index in [2.05, 4.69) is 65.4 Å². The third-order valence-corrected chi connectivity index (χ3v) is 6.03. The summed E-state index contributed by atoms with van der Waals surface area (Å²) in [6.07, 6.45) is 0. The van der Waals surface area contributed by atoms with Gasteiger partial charge in [-0.25, -0.2) is 0 Å². The zero-order valence-corrected chi connectivity index (χ0v) is 21.4. The van der Waals surface area contributed by atoms with Gasteiger partial charge in [0.2, 0.25) is 0 Å². The molecule has 34 heavy (non-hydrogen) atoms. The first-order valence-corrected chi connectivity index (χ1v) is 12.2. The van der Waals surface area contributed by atoms with Crippen LogP contribution in [0.5, 0.6) is 11.5 Å². The van der Waals surface area contributed by atoms with E-state index in [1.165, 1.54) is 11.3 Å². The van der Waals surface area contributed by atoms with Crippen molar-refractivity contribution in [1.29, 1.82) is 0 Å². The number of thiocarbonyl (C=S) groups is 1. The smallest absolute Gasteiger partial charge is 0.174 e. The molecule has 5 nitrogen and oxygen atoms in total. The average molecular weight is 478 g/mol. The molecule has 6 heteroatoms. The summed E-state index contributed by atoms with van der Waals surface area (Å²) in [5.74, 6) is 1.69. The molecule has 0 amide bonds. The highest BCUT2D eigenvalue weighted by Crippen LogP contribution is 2.20. The summed E-state index contributed by atoms with van der Waals surface area (Å²) in [4.78, 5) is 4.52. The van der Waals surface area contributed by atoms with Gasteiger partial charge >= 0.3 is 0 Å². The molecule has 0 fully saturated rings. The summed E-state index contributed by atoms with van der Waals surface area (Å²) in [7, 11) is 1.68. The molecule has 0 aliphatic carbocycles. The average Bonchev–Trinajstić information content (AvgIpc) is 2.87. The van der Waals surface area contributed by atoms with Crippen molar-refractivity contribution < 1.29 is 9.47 Å². The normalized spacial score (nSPS) is 10.5. The van der Waals surface area contributed by atoms with Crippen LogP contribution in [0.25, 0.3) is 0 Å². The van der Waals surface area contributed by atoms with Gasteiger partial charge in [-0.1, -0.05) is 24.3 Å². The number of hydrogen-bond donors (Lipinski definition) is 1. The quantitative estimate of drug-likeness (QED) is 0.325. The fourth-order valence-corrected chi connectivity index (χ4v) is 4.02. The Morgan fingerprint density at radius 3 is 1.79 bits per heavy atom. The fraction of sp³-hybridized carbons (Fsp3) is 0.321. The van der Waals surface area contributed by atoms with E-state index in [1.807, 2.05) is 43.3 Å². The zero-order valence-electron chi connectivity index (χ0n) is 20.6. The predicted molar refractivity (Wildman–Crippen MR) is 146 cm³/mol. The van der Waals surface area contributed by atoms with Gasteiger partial charge < -0.3 is 24.6 Å². The second kappa shape index (κ2) is 12.8. The maximum Gasteiger partial charge on any atom is 0.174 e. The van der Waals surface area contributed by atoms with Crippen LogP contribution in [0.15, 0.2) is 72.8 Å². The molecule has 0 aliphatic rings. The van der Waals surface area contributed by atoms with Gasteiger partial charge in [0, 0.05) is 37.6 Å². The molecule has 0 bridgehead atoms. The van der Waals surface area contributed by atoms with Crippen LogP contribution in [-0.4, -0.2) is 36.8 Å². The van der Waals surface area contributed by atoms with Crippen molar-refractivity contribution in [2.45, 2.75) is 33.9 Å². The summed E-state index contributed by atoms with van der Waals surface area (Å²) in [5.41, 5.74) is 4.55. The van der Waals surface area contributed by atoms with Gasteiger partial charge in [0.05, 0.1) is 13.7 Å². The highest BCUT2D eigenvalue weighted by molar-refractivity contribution is 7.80. The maximum absolute atomic E-state index is 5.84. The second-order valence-corrected chi connectivity index (χ2v) is 8.32. The standard InChI is InChI=1S/C28H35N3O2S/c1-5-30(6-2)25-14-8-22(9-15-25)20-31(21-23-10-16-26(32-4)17-11-23)28(34)29-24-12-18-27(19-13-24)33-7-3/h8-19H,5-7,20-21H2,1-4H3,(H,29,34). The summed E-state index contributed by atoms with van der Waals surface area (Å²) in [5, 5.41) is 4.07. The number of nitrogens with zero attached hydrogens (tertiary/aromatic N) is 2. The number of ether oxygens (including phenoxy) is 2. The van der Waals surface area contributed by atoms with Crippen LogP contribution >= 0.6 is 12.2 Å². The minimum absolute atomic E-state index is 0.647. The Morgan fingerprint density at radius 1 is 0.765 bits per heavy atom. The van der Waals surface area contributed by atoms with E-state index in [4.69, 9.17) is 21.7 Å². The Labute approximate surface area is 209 Å². The molecule has 0 aromatic heterocycles. The zero-order chi connectivity index (χ0) is 24.3. The lowest BCUT2D eigenvalue weighted by Gasteiger charge is -2.27. The summed E-state index contributed by atoms with van der Waals surface area (Å²) >= 11 is 5.84. The monoisotopic (exact) mass is 477 g/mol. The molecule has 180 valence electrons. The topological polar surface area (TPSA) is 37.0 Å². The number of rotatable bonds is 11. The number of benzene rings is 3. The predicted octanol–water partition coefficient (Wildman–Crippen LogP) is 6.34. The minimum Gasteiger partial charge on any atom is -0.497 e. The number of nitrogens with one attached hydrogen (secondary N) is 1. The van der Waals surface area contributed by atoms with Crippen molar-refractivity contribution >= 4 is 28.7 Å². The van der Waals surface area contributed by atoms with Crippen LogP contribution in [-0.2, 0) is 13.1 Å². The van der Waals surface area contributed by atoms with E-state index in [1.54, 1.807) is 7.11 Å². The van der Waals surface area contributed by atoms with E-state index in [0.29, 0.717) is 24.8 Å². The Kier molecular flexibility index (Phi) is 9.59. The molecule has 3 rings (SSSR count). The number of hydrogen-bond acceptors (Lipinski definition) is 4. The Bertz CT molecular complexity index is 1020. The van der Waals surface area contributed by atoms with Crippen LogP contribution < -0.4 is 19.7 Å². The van der Waals surface area contributed by atoms with Gasteiger partial charge in [0.1, 0.15) is 11.5 Å². The summed E-state index contributed by atoms with van der Waals surface area (Å²) in [6.45, 7) is 10.4. The molecule has 0 heterocycles. The lowest BCUT2D eigenvalue weighted by atomic mass is 10.1. The molecule has 0 atom stereocenters. The lowest BCUT2D eigenvalue weighted by Crippen LogP contribution is -2.33. The van der Waals surface area contributed by atoms with Crippen LogP contribution in [0.1, 0.15) is 31.9 Å². The fourth-order valence-electron chi connectivity index (χ4n) is 3.78. The Morgan fingerprint density at radius 2 is 1.29 bits per heavy atom. The summed E-state index contributed by atoms with van der Waals surface area (Å²) < 4.78 is 10.9. The first-order valence-electron chi connectivity index (χ1n) is 11.8. The Balaban J connectivity index is 1.77. The molecule has 1 N–H and O–H groups in total. The van der Waals surface area contributed by atoms with E-state index >= 15 is 0 Å². The van der Waals surface area contributed by atoms with Crippen LogP contribution in [0.3, 0.4) is 0 Å². The molecule has 3 aromatic carbocycles. The molecule has 0 aliphatic heterocycles. The van der Waals surface area contributed by atoms with Gasteiger partial charge in [0.25, 0.3) is 0 Å². The van der Waals surface area contributed by atoms with Crippen molar-refractivity contribution in [2.24, 2.45) is 0 Å². The lowest BCUT2D eigenvalue weighted by molar-refractivity contribution is 0.340. The largest absolute Gasteiger partial charge is 0.497 e. The van der Waals surface area contributed by atoms with E-state index < -0.39 is 0 Å². The van der Waals surface area contributed by atoms with Gasteiger partial charge in [-0.2, -0.15) is 0 Å². The molecule has 0 saturated carbocycles. The van der Waals surface area contributed by atoms with E-state index in [-0.39, 0.29) is 0 Å². The first-order chi connectivity index (χ1) is 16.6. The van der Waals surface area contributed by atoms with Gasteiger partial charge in [-0.15, -0.1) is 0 Å². The van der Waals surface area contributed by atoms with Gasteiger partial charge in [0.15, 0.2) is 5.11 Å². The third-order valence-electron chi connectivity index (χ3n) is 5.67. The van der Waals surface area contributed by atoms with E-state index in [9.17, 15) is 0 Å². The van der Waals surface area contributed by atoms with Crippen LogP contribution in [0.4, 0.5) is 11.4 Å². The van der Waals surface area contributed by atoms with Crippen molar-refractivity contribution in [1.82, 2.24) is 4.90 Å². The molecule has 0 radical (unpaired) electrons. The molecule has 0 unspecified atom stereocenters. The summed E-state index contributed by atoms with van der Waals surface area (Å²) in [6, 6.07) is 24.8. The molecule has 3 aromatic rings. The Hall–Kier alpha value is -3.25. The SMILES string of the molecule is CCOc1ccc(NC(=S)N(Cc2ccc(OC)cc2)Cc2ccc(N(CC)CC)cc2)cc1. The van der Waals surface area contributed by atoms with E-state index in [0.717, 1.165) is 35.8 Å². The third kappa shape index (κ3) is 7.12.